The second-order valence-electron chi connectivity index (χ2n) is 8.47. The van der Waals surface area contributed by atoms with Crippen molar-refractivity contribution < 1.29 is 14.4 Å². The number of amides is 2. The number of aromatic nitrogens is 2. The van der Waals surface area contributed by atoms with Gasteiger partial charge in [-0.3, -0.25) is 14.7 Å². The number of nitrogens with zero attached hydrogens (tertiary/aromatic N) is 2. The largest absolute Gasteiger partial charge is 0.379 e. The topological polar surface area (TPSA) is 108 Å². The quantitative estimate of drug-likeness (QED) is 0.495. The van der Waals surface area contributed by atoms with Crippen molar-refractivity contribution in [2.45, 2.75) is 51.2 Å². The van der Waals surface area contributed by atoms with E-state index >= 15 is 0 Å². The van der Waals surface area contributed by atoms with Crippen LogP contribution in [0.25, 0.3) is 0 Å². The summed E-state index contributed by atoms with van der Waals surface area (Å²) in [5, 5.41) is 17.2. The molecule has 0 spiro atoms. The highest BCUT2D eigenvalue weighted by atomic mass is 127. The molecule has 2 amide bonds. The summed E-state index contributed by atoms with van der Waals surface area (Å²) in [6, 6.07) is 9.84. The lowest BCUT2D eigenvalue weighted by Crippen LogP contribution is -2.46. The van der Waals surface area contributed by atoms with Gasteiger partial charge in [-0.15, -0.1) is 0 Å². The van der Waals surface area contributed by atoms with Gasteiger partial charge in [-0.1, -0.05) is 35.5 Å². The number of benzene rings is 1. The van der Waals surface area contributed by atoms with Crippen LogP contribution in [0.15, 0.2) is 35.5 Å². The van der Waals surface area contributed by atoms with E-state index in [2.05, 4.69) is 48.6 Å². The molecule has 2 aromatic rings. The van der Waals surface area contributed by atoms with E-state index in [0.29, 0.717) is 24.6 Å². The molecule has 0 radical (unpaired) electrons. The molecule has 1 aromatic carbocycles. The molecule has 31 heavy (non-hydrogen) atoms. The van der Waals surface area contributed by atoms with Crippen LogP contribution in [0.4, 0.5) is 0 Å². The van der Waals surface area contributed by atoms with Gasteiger partial charge < -0.3 is 15.5 Å². The van der Waals surface area contributed by atoms with E-state index < -0.39 is 5.60 Å². The Kier molecular flexibility index (Phi) is 6.31. The second kappa shape index (κ2) is 8.97. The van der Waals surface area contributed by atoms with Crippen LogP contribution in [-0.2, 0) is 9.63 Å². The Bertz CT molecular complexity index is 1010. The first-order valence-corrected chi connectivity index (χ1v) is 11.5. The highest BCUT2D eigenvalue weighted by molar-refractivity contribution is 14.1. The van der Waals surface area contributed by atoms with Gasteiger partial charge >= 0.3 is 0 Å². The third kappa shape index (κ3) is 4.76. The minimum absolute atomic E-state index is 0.0912. The summed E-state index contributed by atoms with van der Waals surface area (Å²) in [4.78, 5) is 30.8. The predicted molar refractivity (Wildman–Crippen MR) is 125 cm³/mol. The summed E-state index contributed by atoms with van der Waals surface area (Å²) in [5.41, 5.74) is 2.08. The van der Waals surface area contributed by atoms with Crippen molar-refractivity contribution >= 4 is 40.1 Å². The third-order valence-corrected chi connectivity index (χ3v) is 7.28. The zero-order valence-electron chi connectivity index (χ0n) is 17.6. The molecule has 1 fully saturated rings. The Hall–Kier alpha value is -2.43. The number of hydrogen-bond donors (Lipinski definition) is 3. The van der Waals surface area contributed by atoms with Gasteiger partial charge in [0.2, 0.25) is 5.60 Å². The van der Waals surface area contributed by atoms with E-state index in [1.165, 1.54) is 0 Å². The third-order valence-electron chi connectivity index (χ3n) is 5.96. The van der Waals surface area contributed by atoms with Gasteiger partial charge in [-0.2, -0.15) is 5.10 Å². The highest BCUT2D eigenvalue weighted by Crippen LogP contribution is 2.28. The first-order valence-electron chi connectivity index (χ1n) is 10.5. The zero-order chi connectivity index (χ0) is 22.0. The molecular formula is C22H26IN5O3. The highest BCUT2D eigenvalue weighted by Gasteiger charge is 2.42. The Labute approximate surface area is 194 Å². The number of nitrogens with one attached hydrogen (secondary N) is 3. The summed E-state index contributed by atoms with van der Waals surface area (Å²) in [7, 11) is 0. The number of aryl methyl sites for hydroxylation is 1. The lowest BCUT2D eigenvalue weighted by molar-refractivity contribution is -0.141. The summed E-state index contributed by atoms with van der Waals surface area (Å²) in [5.74, 6) is 0.00543. The van der Waals surface area contributed by atoms with E-state index in [1.54, 1.807) is 6.92 Å². The molecule has 1 aliphatic carbocycles. The summed E-state index contributed by atoms with van der Waals surface area (Å²) in [6.07, 6.45) is 3.11. The molecule has 1 aliphatic heterocycles. The van der Waals surface area contributed by atoms with E-state index in [1.807, 2.05) is 37.3 Å². The van der Waals surface area contributed by atoms with Crippen molar-refractivity contribution in [1.29, 1.82) is 0 Å². The Balaban J connectivity index is 1.24. The lowest BCUT2D eigenvalue weighted by Gasteiger charge is -2.22. The van der Waals surface area contributed by atoms with Crippen LogP contribution in [0.5, 0.6) is 0 Å². The van der Waals surface area contributed by atoms with Crippen LogP contribution in [0.1, 0.15) is 54.4 Å². The van der Waals surface area contributed by atoms with Gasteiger partial charge in [0.15, 0.2) is 5.69 Å². The van der Waals surface area contributed by atoms with Crippen molar-refractivity contribution in [1.82, 2.24) is 20.8 Å². The van der Waals surface area contributed by atoms with Crippen molar-refractivity contribution in [2.75, 3.05) is 6.54 Å². The summed E-state index contributed by atoms with van der Waals surface area (Å²) < 4.78 is 0.846. The van der Waals surface area contributed by atoms with E-state index in [9.17, 15) is 9.59 Å². The molecule has 0 saturated heterocycles. The van der Waals surface area contributed by atoms with Crippen LogP contribution < -0.4 is 10.6 Å². The number of oxime groups is 1. The van der Waals surface area contributed by atoms with Crippen LogP contribution in [0, 0.1) is 16.4 Å². The lowest BCUT2D eigenvalue weighted by atomic mass is 9.95. The number of carbonyl (C=O) groups excluding carboxylic acids is 2. The fourth-order valence-electron chi connectivity index (χ4n) is 4.08. The van der Waals surface area contributed by atoms with E-state index in [0.717, 1.165) is 39.8 Å². The van der Waals surface area contributed by atoms with Crippen LogP contribution in [0.2, 0.25) is 0 Å². The molecule has 1 saturated carbocycles. The number of hydrogen-bond acceptors (Lipinski definition) is 5. The average Bonchev–Trinajstić information content (AvgIpc) is 3.47. The molecule has 3 N–H and O–H groups in total. The van der Waals surface area contributed by atoms with Crippen molar-refractivity contribution in [3.05, 3.63) is 50.9 Å². The number of H-pyrrole nitrogens is 1. The molecule has 2 heterocycles. The number of aromatic amines is 1. The maximum atomic E-state index is 12.8. The fraction of sp³-hybridized carbons (Fsp3) is 0.455. The second-order valence-corrected chi connectivity index (χ2v) is 9.55. The van der Waals surface area contributed by atoms with Gasteiger partial charge in [-0.05, 0) is 67.2 Å². The molecule has 9 heteroatoms. The van der Waals surface area contributed by atoms with Crippen molar-refractivity contribution in [3.8, 4) is 0 Å². The van der Waals surface area contributed by atoms with Gasteiger partial charge in [0.1, 0.15) is 0 Å². The Morgan fingerprint density at radius 2 is 2.06 bits per heavy atom. The predicted octanol–water partition coefficient (Wildman–Crippen LogP) is 2.92. The Morgan fingerprint density at radius 3 is 2.77 bits per heavy atom. The summed E-state index contributed by atoms with van der Waals surface area (Å²) in [6.45, 7) is 4.22. The maximum absolute atomic E-state index is 12.8. The number of carbonyl (C=O) groups is 2. The molecular weight excluding hydrogens is 509 g/mol. The molecule has 1 aromatic heterocycles. The minimum atomic E-state index is -0.994. The van der Waals surface area contributed by atoms with Crippen molar-refractivity contribution in [3.63, 3.8) is 0 Å². The SMILES string of the molecule is Cc1[nH]nc(C(=O)N[C@@H]2CC[C@H](CNC(=O)C3(C)CC(c4ccccc4)=NO3)C2)c1I. The van der Waals surface area contributed by atoms with Gasteiger partial charge in [0.25, 0.3) is 11.8 Å². The normalized spacial score (nSPS) is 25.1. The van der Waals surface area contributed by atoms with Crippen LogP contribution in [-0.4, -0.2) is 45.9 Å². The van der Waals surface area contributed by atoms with Crippen LogP contribution in [0.3, 0.4) is 0 Å². The van der Waals surface area contributed by atoms with E-state index in [-0.39, 0.29) is 17.9 Å². The van der Waals surface area contributed by atoms with Crippen molar-refractivity contribution in [2.24, 2.45) is 11.1 Å². The van der Waals surface area contributed by atoms with Crippen LogP contribution >= 0.6 is 22.6 Å². The Morgan fingerprint density at radius 1 is 1.29 bits per heavy atom. The first-order chi connectivity index (χ1) is 14.9. The monoisotopic (exact) mass is 535 g/mol. The smallest absolute Gasteiger partial charge is 0.273 e. The van der Waals surface area contributed by atoms with Gasteiger partial charge in [-0.25, -0.2) is 0 Å². The molecule has 0 bridgehead atoms. The zero-order valence-corrected chi connectivity index (χ0v) is 19.7. The number of rotatable bonds is 6. The minimum Gasteiger partial charge on any atom is -0.379 e. The maximum Gasteiger partial charge on any atom is 0.273 e. The molecule has 3 atom stereocenters. The fourth-order valence-corrected chi connectivity index (χ4v) is 4.57. The molecule has 1 unspecified atom stereocenters. The van der Waals surface area contributed by atoms with E-state index in [4.69, 9.17) is 4.84 Å². The molecule has 164 valence electrons. The van der Waals surface area contributed by atoms with Gasteiger partial charge in [0, 0.05) is 24.7 Å². The molecule has 8 nitrogen and oxygen atoms in total. The number of halogens is 1. The first kappa shape index (κ1) is 21.8. The van der Waals surface area contributed by atoms with Gasteiger partial charge in [0.05, 0.1) is 9.28 Å². The summed E-state index contributed by atoms with van der Waals surface area (Å²) >= 11 is 2.13. The molecule has 2 aliphatic rings. The average molecular weight is 535 g/mol. The standard InChI is InChI=1S/C22H26IN5O3/c1-13-18(23)19(27-26-13)20(29)25-16-9-8-14(10-16)12-24-21(30)22(2)11-17(28-31-22)15-6-4-3-5-7-15/h3-7,14,16H,8-12H2,1-2H3,(H,24,30)(H,25,29)(H,26,27)/t14-,16+,22?/m0/s1. The molecule has 4 rings (SSSR count).